The molecule has 0 atom stereocenters. The van der Waals surface area contributed by atoms with E-state index >= 15 is 0 Å². The van der Waals surface area contributed by atoms with Crippen LogP contribution in [0.3, 0.4) is 0 Å². The zero-order valence-corrected chi connectivity index (χ0v) is 13.3. The summed E-state index contributed by atoms with van der Waals surface area (Å²) in [5, 5.41) is 9.13. The number of sulfonamides is 1. The standard InChI is InChI=1S/C14H13BrFNO3S/c15-11-4-6-13(7-5-11)17(8-9-18)21(19,20)14-3-1-2-12(16)10-14/h1-7,10,18H,8-9H2. The first-order valence-electron chi connectivity index (χ1n) is 6.10. The smallest absolute Gasteiger partial charge is 0.264 e. The summed E-state index contributed by atoms with van der Waals surface area (Å²) in [5.41, 5.74) is 0.400. The number of hydrogen-bond donors (Lipinski definition) is 1. The van der Waals surface area contributed by atoms with Gasteiger partial charge in [0.25, 0.3) is 10.0 Å². The van der Waals surface area contributed by atoms with Gasteiger partial charge in [0.05, 0.1) is 23.7 Å². The molecule has 0 unspecified atom stereocenters. The van der Waals surface area contributed by atoms with Crippen LogP contribution in [-0.2, 0) is 10.0 Å². The van der Waals surface area contributed by atoms with Gasteiger partial charge in [-0.2, -0.15) is 0 Å². The summed E-state index contributed by atoms with van der Waals surface area (Å²) in [4.78, 5) is -0.154. The molecule has 0 aliphatic carbocycles. The van der Waals surface area contributed by atoms with Gasteiger partial charge < -0.3 is 5.11 Å². The van der Waals surface area contributed by atoms with E-state index in [2.05, 4.69) is 15.9 Å². The molecular weight excluding hydrogens is 361 g/mol. The van der Waals surface area contributed by atoms with E-state index in [1.807, 2.05) is 0 Å². The van der Waals surface area contributed by atoms with Gasteiger partial charge in [0.1, 0.15) is 5.82 Å². The zero-order valence-electron chi connectivity index (χ0n) is 10.9. The minimum atomic E-state index is -3.93. The van der Waals surface area contributed by atoms with Gasteiger partial charge in [-0.15, -0.1) is 0 Å². The lowest BCUT2D eigenvalue weighted by molar-refractivity contribution is 0.306. The van der Waals surface area contributed by atoms with Gasteiger partial charge in [-0.1, -0.05) is 22.0 Å². The highest BCUT2D eigenvalue weighted by molar-refractivity contribution is 9.10. The molecule has 1 N–H and O–H groups in total. The predicted molar refractivity (Wildman–Crippen MR) is 82.2 cm³/mol. The lowest BCUT2D eigenvalue weighted by Gasteiger charge is -2.23. The maximum absolute atomic E-state index is 13.3. The molecule has 2 rings (SSSR count). The molecule has 0 saturated carbocycles. The van der Waals surface area contributed by atoms with E-state index in [9.17, 15) is 12.8 Å². The number of benzene rings is 2. The molecule has 2 aromatic rings. The molecule has 0 fully saturated rings. The van der Waals surface area contributed by atoms with Gasteiger partial charge in [-0.25, -0.2) is 12.8 Å². The highest BCUT2D eigenvalue weighted by atomic mass is 79.9. The Bertz CT molecular complexity index is 719. The molecule has 7 heteroatoms. The maximum atomic E-state index is 13.3. The largest absolute Gasteiger partial charge is 0.394 e. The van der Waals surface area contributed by atoms with Crippen LogP contribution in [0.15, 0.2) is 57.9 Å². The summed E-state index contributed by atoms with van der Waals surface area (Å²) in [6.07, 6.45) is 0. The molecule has 112 valence electrons. The van der Waals surface area contributed by atoms with Crippen LogP contribution in [-0.4, -0.2) is 26.7 Å². The third-order valence-electron chi connectivity index (χ3n) is 2.80. The quantitative estimate of drug-likeness (QED) is 0.876. The van der Waals surface area contributed by atoms with E-state index in [1.54, 1.807) is 24.3 Å². The molecule has 0 aliphatic rings. The molecule has 0 radical (unpaired) electrons. The monoisotopic (exact) mass is 373 g/mol. The summed E-state index contributed by atoms with van der Waals surface area (Å²) < 4.78 is 40.3. The van der Waals surface area contributed by atoms with Crippen LogP contribution in [0.4, 0.5) is 10.1 Å². The second-order valence-electron chi connectivity index (χ2n) is 4.23. The zero-order chi connectivity index (χ0) is 15.5. The Balaban J connectivity index is 2.48. The van der Waals surface area contributed by atoms with Crippen molar-refractivity contribution in [1.29, 1.82) is 0 Å². The number of halogens is 2. The van der Waals surface area contributed by atoms with E-state index in [0.717, 1.165) is 14.8 Å². The summed E-state index contributed by atoms with van der Waals surface area (Å²) >= 11 is 3.27. The van der Waals surface area contributed by atoms with E-state index in [0.29, 0.717) is 5.69 Å². The van der Waals surface area contributed by atoms with Crippen LogP contribution in [0, 0.1) is 5.82 Å². The summed E-state index contributed by atoms with van der Waals surface area (Å²) in [5.74, 6) is -0.629. The average molecular weight is 374 g/mol. The van der Waals surface area contributed by atoms with Gasteiger partial charge in [0, 0.05) is 4.47 Å². The van der Waals surface area contributed by atoms with E-state index in [-0.39, 0.29) is 18.0 Å². The van der Waals surface area contributed by atoms with Gasteiger partial charge in [-0.3, -0.25) is 4.31 Å². The van der Waals surface area contributed by atoms with Gasteiger partial charge in [-0.05, 0) is 42.5 Å². The number of aliphatic hydroxyl groups excluding tert-OH is 1. The molecule has 2 aromatic carbocycles. The van der Waals surface area contributed by atoms with Crippen molar-refractivity contribution >= 4 is 31.6 Å². The van der Waals surface area contributed by atoms with Crippen LogP contribution >= 0.6 is 15.9 Å². The first-order valence-corrected chi connectivity index (χ1v) is 8.33. The van der Waals surface area contributed by atoms with Crippen molar-refractivity contribution in [2.75, 3.05) is 17.5 Å². The number of nitrogens with zero attached hydrogens (tertiary/aromatic N) is 1. The van der Waals surface area contributed by atoms with Crippen LogP contribution < -0.4 is 4.31 Å². The average Bonchev–Trinajstić information content (AvgIpc) is 2.46. The fraction of sp³-hybridized carbons (Fsp3) is 0.143. The molecule has 0 heterocycles. The van der Waals surface area contributed by atoms with Crippen LogP contribution in [0.2, 0.25) is 0 Å². The molecule has 0 amide bonds. The number of hydrogen-bond acceptors (Lipinski definition) is 3. The highest BCUT2D eigenvalue weighted by Gasteiger charge is 2.24. The van der Waals surface area contributed by atoms with Crippen molar-refractivity contribution in [3.8, 4) is 0 Å². The summed E-state index contributed by atoms with van der Waals surface area (Å²) in [6, 6.07) is 11.4. The normalized spacial score (nSPS) is 11.4. The molecule has 0 bridgehead atoms. The SMILES string of the molecule is O=S(=O)(c1cccc(F)c1)N(CCO)c1ccc(Br)cc1. The second kappa shape index (κ2) is 6.55. The van der Waals surface area contributed by atoms with E-state index in [1.165, 1.54) is 18.2 Å². The second-order valence-corrected chi connectivity index (χ2v) is 7.01. The molecule has 0 saturated heterocycles. The Labute approximate surface area is 131 Å². The Morgan fingerprint density at radius 3 is 2.38 bits per heavy atom. The number of aliphatic hydroxyl groups is 1. The predicted octanol–water partition coefficient (Wildman–Crippen LogP) is 2.78. The first kappa shape index (κ1) is 15.9. The molecule has 0 aliphatic heterocycles. The Hall–Kier alpha value is -1.44. The van der Waals surface area contributed by atoms with Gasteiger partial charge in [0.15, 0.2) is 0 Å². The molecule has 0 spiro atoms. The topological polar surface area (TPSA) is 57.6 Å². The first-order chi connectivity index (χ1) is 9.95. The molecule has 4 nitrogen and oxygen atoms in total. The van der Waals surface area contributed by atoms with Crippen LogP contribution in [0.1, 0.15) is 0 Å². The van der Waals surface area contributed by atoms with Gasteiger partial charge >= 0.3 is 0 Å². The third-order valence-corrected chi connectivity index (χ3v) is 5.15. The van der Waals surface area contributed by atoms with Crippen LogP contribution in [0.5, 0.6) is 0 Å². The van der Waals surface area contributed by atoms with Crippen molar-refractivity contribution < 1.29 is 17.9 Å². The van der Waals surface area contributed by atoms with Crippen molar-refractivity contribution in [3.05, 3.63) is 58.8 Å². The Morgan fingerprint density at radius 1 is 1.14 bits per heavy atom. The van der Waals surface area contributed by atoms with Crippen molar-refractivity contribution in [1.82, 2.24) is 0 Å². The minimum Gasteiger partial charge on any atom is -0.394 e. The molecular formula is C14H13BrFNO3S. The molecule has 0 aromatic heterocycles. The Kier molecular flexibility index (Phi) is 4.97. The van der Waals surface area contributed by atoms with E-state index in [4.69, 9.17) is 5.11 Å². The summed E-state index contributed by atoms with van der Waals surface area (Å²) in [7, 11) is -3.93. The number of rotatable bonds is 5. The lowest BCUT2D eigenvalue weighted by atomic mass is 10.3. The van der Waals surface area contributed by atoms with Gasteiger partial charge in [0.2, 0.25) is 0 Å². The van der Waals surface area contributed by atoms with Crippen molar-refractivity contribution in [3.63, 3.8) is 0 Å². The summed E-state index contributed by atoms with van der Waals surface area (Å²) in [6.45, 7) is -0.453. The number of anilines is 1. The fourth-order valence-electron chi connectivity index (χ4n) is 1.84. The van der Waals surface area contributed by atoms with Crippen LogP contribution in [0.25, 0.3) is 0 Å². The Morgan fingerprint density at radius 2 is 1.81 bits per heavy atom. The van der Waals surface area contributed by atoms with E-state index < -0.39 is 15.8 Å². The maximum Gasteiger partial charge on any atom is 0.264 e. The van der Waals surface area contributed by atoms with Crippen molar-refractivity contribution in [2.45, 2.75) is 4.90 Å². The van der Waals surface area contributed by atoms with Crippen molar-refractivity contribution in [2.24, 2.45) is 0 Å². The lowest BCUT2D eigenvalue weighted by Crippen LogP contribution is -2.33. The third kappa shape index (κ3) is 3.61. The fourth-order valence-corrected chi connectivity index (χ4v) is 3.59. The highest BCUT2D eigenvalue weighted by Crippen LogP contribution is 2.25. The molecule has 21 heavy (non-hydrogen) atoms. The minimum absolute atomic E-state index is 0.111.